The number of hydrogen-bond acceptors (Lipinski definition) is 4. The van der Waals surface area contributed by atoms with E-state index in [1.807, 2.05) is 0 Å². The number of nitrogens with zero attached hydrogens (tertiary/aromatic N) is 2. The molecule has 0 aliphatic heterocycles. The Bertz CT molecular complexity index is 271. The fourth-order valence-electron chi connectivity index (χ4n) is 1.98. The molecule has 0 aromatic carbocycles. The van der Waals surface area contributed by atoms with Crippen molar-refractivity contribution in [1.82, 2.24) is 9.80 Å². The van der Waals surface area contributed by atoms with Gasteiger partial charge in [-0.15, -0.1) is 0 Å². The average Bonchev–Trinajstić information content (AvgIpc) is 2.55. The second-order valence-corrected chi connectivity index (χ2v) is 7.98. The van der Waals surface area contributed by atoms with E-state index in [1.54, 1.807) is 0 Å². The van der Waals surface area contributed by atoms with Gasteiger partial charge in [-0.1, -0.05) is 62.0 Å². The molecule has 7 heteroatoms. The molecule has 0 saturated carbocycles. The maximum Gasteiger partial charge on any atom is 2.00 e. The zero-order chi connectivity index (χ0) is 18.8. The van der Waals surface area contributed by atoms with Gasteiger partial charge in [0, 0.05) is 26.2 Å². The minimum absolute atomic E-state index is 0. The molecule has 0 N–H and O–H groups in total. The molecule has 0 amide bonds. The van der Waals surface area contributed by atoms with Crippen LogP contribution in [0.15, 0.2) is 0 Å². The van der Waals surface area contributed by atoms with E-state index in [0.717, 1.165) is 26.2 Å². The van der Waals surface area contributed by atoms with Crippen LogP contribution in [0.4, 0.5) is 0 Å². The topological polar surface area (TPSA) is 6.48 Å². The molecule has 0 aromatic heterocycles. The first-order valence-corrected chi connectivity index (χ1v) is 11.0. The van der Waals surface area contributed by atoms with E-state index >= 15 is 0 Å². The Morgan fingerprint density at radius 2 is 0.800 bits per heavy atom. The predicted molar refractivity (Wildman–Crippen MR) is 123 cm³/mol. The Kier molecular flexibility index (Phi) is 27.8. The van der Waals surface area contributed by atoms with E-state index in [9.17, 15) is 0 Å². The van der Waals surface area contributed by atoms with E-state index in [4.69, 9.17) is 49.7 Å². The Morgan fingerprint density at radius 1 is 0.600 bits per heavy atom. The summed E-state index contributed by atoms with van der Waals surface area (Å²) in [7, 11) is 0. The van der Waals surface area contributed by atoms with Crippen molar-refractivity contribution >= 4 is 58.3 Å². The van der Waals surface area contributed by atoms with E-state index in [2.05, 4.69) is 37.5 Å². The van der Waals surface area contributed by atoms with E-state index in [0.29, 0.717) is 8.64 Å². The Hall–Kier alpha value is 0.739. The second-order valence-electron chi connectivity index (χ2n) is 5.92. The summed E-state index contributed by atoms with van der Waals surface area (Å²) in [6.07, 6.45) is 9.62. The van der Waals surface area contributed by atoms with Crippen LogP contribution in [-0.4, -0.2) is 44.6 Å². The van der Waals surface area contributed by atoms with Gasteiger partial charge < -0.3 is 59.5 Å². The van der Waals surface area contributed by atoms with Crippen molar-refractivity contribution in [3.63, 3.8) is 0 Å². The SMILES string of the molecule is CCCCN(CCCC)C(=S)[S-].CCCCN(CCCC)C(=S)[S-].[Cu+2]. The zero-order valence-corrected chi connectivity index (χ0v) is 20.5. The molecule has 0 spiro atoms. The molecular weight excluding hydrogens is 436 g/mol. The molecule has 0 bridgehead atoms. The Morgan fingerprint density at radius 3 is 0.920 bits per heavy atom. The molecule has 0 rings (SSSR count). The molecule has 0 atom stereocenters. The minimum Gasteiger partial charge on any atom is -0.411 e. The molecule has 0 aliphatic carbocycles. The smallest absolute Gasteiger partial charge is 0.411 e. The van der Waals surface area contributed by atoms with Gasteiger partial charge in [0.2, 0.25) is 0 Å². The Labute approximate surface area is 189 Å². The summed E-state index contributed by atoms with van der Waals surface area (Å²) in [6, 6.07) is 0. The molecule has 0 saturated heterocycles. The average molecular weight is 472 g/mol. The van der Waals surface area contributed by atoms with Gasteiger partial charge >= 0.3 is 17.1 Å². The van der Waals surface area contributed by atoms with Gasteiger partial charge in [-0.2, -0.15) is 0 Å². The molecule has 0 fully saturated rings. The predicted octanol–water partition coefficient (Wildman–Crippen LogP) is 5.44. The molecule has 0 aromatic rings. The number of rotatable bonds is 12. The van der Waals surface area contributed by atoms with Crippen molar-refractivity contribution in [3.8, 4) is 0 Å². The molecule has 2 nitrogen and oxygen atoms in total. The molecule has 1 radical (unpaired) electrons. The third-order valence-electron chi connectivity index (χ3n) is 3.64. The van der Waals surface area contributed by atoms with Crippen LogP contribution in [-0.2, 0) is 42.3 Å². The minimum atomic E-state index is 0. The summed E-state index contributed by atoms with van der Waals surface area (Å²) >= 11 is 19.9. The number of hydrogen-bond donors (Lipinski definition) is 0. The van der Waals surface area contributed by atoms with Crippen LogP contribution in [0.5, 0.6) is 0 Å². The van der Waals surface area contributed by atoms with Gasteiger partial charge in [0.25, 0.3) is 0 Å². The summed E-state index contributed by atoms with van der Waals surface area (Å²) in [6.45, 7) is 12.9. The van der Waals surface area contributed by atoms with Crippen molar-refractivity contribution in [2.45, 2.75) is 79.1 Å². The maximum atomic E-state index is 4.98. The first-order valence-electron chi connectivity index (χ1n) is 9.36. The number of unbranched alkanes of at least 4 members (excludes halogenated alkanes) is 4. The van der Waals surface area contributed by atoms with Crippen molar-refractivity contribution in [3.05, 3.63) is 0 Å². The van der Waals surface area contributed by atoms with Gasteiger partial charge in [-0.3, -0.25) is 0 Å². The molecule has 153 valence electrons. The van der Waals surface area contributed by atoms with Crippen LogP contribution >= 0.6 is 24.4 Å². The normalized spacial score (nSPS) is 9.44. The maximum absolute atomic E-state index is 4.98. The Balaban J connectivity index is -0.000000372. The van der Waals surface area contributed by atoms with Crippen molar-refractivity contribution in [2.75, 3.05) is 26.2 Å². The zero-order valence-electron chi connectivity index (χ0n) is 16.3. The van der Waals surface area contributed by atoms with Crippen molar-refractivity contribution in [2.24, 2.45) is 0 Å². The van der Waals surface area contributed by atoms with Gasteiger partial charge in [-0.05, 0) is 25.7 Å². The summed E-state index contributed by atoms with van der Waals surface area (Å²) in [5, 5.41) is 0. The van der Waals surface area contributed by atoms with E-state index in [-0.39, 0.29) is 17.1 Å². The molecule has 25 heavy (non-hydrogen) atoms. The van der Waals surface area contributed by atoms with Gasteiger partial charge in [0.1, 0.15) is 0 Å². The van der Waals surface area contributed by atoms with Gasteiger partial charge in [0.05, 0.1) is 0 Å². The van der Waals surface area contributed by atoms with Crippen LogP contribution in [0.2, 0.25) is 0 Å². The van der Waals surface area contributed by atoms with Crippen LogP contribution in [0.3, 0.4) is 0 Å². The van der Waals surface area contributed by atoms with Crippen LogP contribution in [0, 0.1) is 0 Å². The monoisotopic (exact) mass is 471 g/mol. The summed E-state index contributed by atoms with van der Waals surface area (Å²) in [5.41, 5.74) is 0. The van der Waals surface area contributed by atoms with Crippen molar-refractivity contribution < 1.29 is 17.1 Å². The van der Waals surface area contributed by atoms with Crippen molar-refractivity contribution in [1.29, 1.82) is 0 Å². The van der Waals surface area contributed by atoms with Gasteiger partial charge in [0.15, 0.2) is 0 Å². The first kappa shape index (κ1) is 30.5. The van der Waals surface area contributed by atoms with Gasteiger partial charge in [-0.25, -0.2) is 0 Å². The molecule has 0 unspecified atom stereocenters. The number of thiocarbonyl (C=S) groups is 2. The van der Waals surface area contributed by atoms with E-state index < -0.39 is 0 Å². The summed E-state index contributed by atoms with van der Waals surface area (Å²) in [5.74, 6) is 0. The fraction of sp³-hybridized carbons (Fsp3) is 0.889. The largest absolute Gasteiger partial charge is 2.00 e. The fourth-order valence-corrected chi connectivity index (χ4v) is 2.71. The summed E-state index contributed by atoms with van der Waals surface area (Å²) < 4.78 is 1.27. The second kappa shape index (κ2) is 22.8. The quantitative estimate of drug-likeness (QED) is 0.211. The van der Waals surface area contributed by atoms with Crippen LogP contribution in [0.25, 0.3) is 0 Å². The van der Waals surface area contributed by atoms with Crippen LogP contribution in [0.1, 0.15) is 79.1 Å². The standard InChI is InChI=1S/2C9H19NS2.Cu/c2*1-3-5-7-10(9(11)12)8-6-4-2;/h2*3-8H2,1-2H3,(H,11,12);/q;;+2/p-2. The third kappa shape index (κ3) is 20.9. The summed E-state index contributed by atoms with van der Waals surface area (Å²) in [4.78, 5) is 4.27. The molecule has 0 aliphatic rings. The molecule has 0 heterocycles. The molecular formula is C18H36CuN2S4. The third-order valence-corrected chi connectivity index (χ3v) is 4.68. The van der Waals surface area contributed by atoms with Crippen LogP contribution < -0.4 is 0 Å². The van der Waals surface area contributed by atoms with E-state index in [1.165, 1.54) is 51.4 Å². The first-order chi connectivity index (χ1) is 11.4.